The first kappa shape index (κ1) is 18.2. The molecule has 2 rings (SSSR count). The number of amides is 1. The lowest BCUT2D eigenvalue weighted by molar-refractivity contribution is -0.137. The molecule has 24 heavy (non-hydrogen) atoms. The average molecular weight is 335 g/mol. The van der Waals surface area contributed by atoms with Crippen molar-refractivity contribution in [3.8, 4) is 0 Å². The van der Waals surface area contributed by atoms with Gasteiger partial charge in [0.25, 0.3) is 5.91 Å². The first-order valence-electron chi connectivity index (χ1n) is 8.37. The second kappa shape index (κ2) is 7.20. The molecule has 1 aromatic rings. The predicted octanol–water partition coefficient (Wildman–Crippen LogP) is 3.12. The Balaban J connectivity index is 1.94. The van der Waals surface area contributed by atoms with Crippen LogP contribution in [-0.4, -0.2) is 29.3 Å². The Morgan fingerprint density at radius 2 is 1.92 bits per heavy atom. The zero-order valence-electron chi connectivity index (χ0n) is 14.5. The second-order valence-corrected chi connectivity index (χ2v) is 7.26. The van der Waals surface area contributed by atoms with Crippen molar-refractivity contribution in [1.82, 2.24) is 5.32 Å². The summed E-state index contributed by atoms with van der Waals surface area (Å²) < 4.78 is 5.70. The molecule has 0 aromatic carbocycles. The van der Waals surface area contributed by atoms with E-state index in [1.165, 1.54) is 0 Å². The topological polar surface area (TPSA) is 96.6 Å². The summed E-state index contributed by atoms with van der Waals surface area (Å²) in [6.07, 6.45) is 3.32. The number of hydrogen-bond donors (Lipinski definition) is 2. The quantitative estimate of drug-likeness (QED) is 0.746. The summed E-state index contributed by atoms with van der Waals surface area (Å²) in [5.41, 5.74) is 1.04. The normalized spacial score (nSPS) is 15.9. The number of carbonyl (C=O) groups excluding carboxylic acids is 2. The molecule has 1 amide bonds. The number of furan rings is 1. The molecule has 2 N–H and O–H groups in total. The highest BCUT2D eigenvalue weighted by Gasteiger charge is 2.36. The number of fused-ring (bicyclic) bond motifs is 1. The van der Waals surface area contributed by atoms with Gasteiger partial charge in [0.05, 0.1) is 5.56 Å². The highest BCUT2D eigenvalue weighted by atomic mass is 16.4. The van der Waals surface area contributed by atoms with Crippen molar-refractivity contribution >= 4 is 17.7 Å². The Kier molecular flexibility index (Phi) is 5.47. The Labute approximate surface area is 141 Å². The van der Waals surface area contributed by atoms with E-state index < -0.39 is 5.97 Å². The molecule has 0 saturated heterocycles. The molecule has 0 fully saturated rings. The van der Waals surface area contributed by atoms with Crippen molar-refractivity contribution in [2.24, 2.45) is 5.41 Å². The zero-order valence-corrected chi connectivity index (χ0v) is 14.5. The van der Waals surface area contributed by atoms with Gasteiger partial charge in [-0.3, -0.25) is 14.4 Å². The molecule has 0 spiro atoms. The molecule has 6 heteroatoms. The Morgan fingerprint density at radius 1 is 1.21 bits per heavy atom. The van der Waals surface area contributed by atoms with Crippen LogP contribution in [0.2, 0.25) is 0 Å². The number of hydrogen-bond acceptors (Lipinski definition) is 4. The van der Waals surface area contributed by atoms with Crippen LogP contribution in [0.4, 0.5) is 0 Å². The number of nitrogens with one attached hydrogen (secondary N) is 1. The van der Waals surface area contributed by atoms with Gasteiger partial charge in [0.1, 0.15) is 5.76 Å². The summed E-state index contributed by atoms with van der Waals surface area (Å²) in [6.45, 7) is 6.24. The van der Waals surface area contributed by atoms with Crippen molar-refractivity contribution in [2.45, 2.75) is 59.3 Å². The number of unbranched alkanes of at least 4 members (excludes halogenated alkanes) is 2. The van der Waals surface area contributed by atoms with Crippen LogP contribution >= 0.6 is 0 Å². The van der Waals surface area contributed by atoms with Gasteiger partial charge in [0, 0.05) is 31.4 Å². The van der Waals surface area contributed by atoms with Gasteiger partial charge in [-0.1, -0.05) is 20.3 Å². The van der Waals surface area contributed by atoms with E-state index in [0.29, 0.717) is 49.1 Å². The average Bonchev–Trinajstić information content (AvgIpc) is 2.77. The van der Waals surface area contributed by atoms with Gasteiger partial charge in [-0.2, -0.15) is 0 Å². The monoisotopic (exact) mass is 335 g/mol. The lowest BCUT2D eigenvalue weighted by Crippen LogP contribution is -2.26. The van der Waals surface area contributed by atoms with E-state index in [1.54, 1.807) is 6.92 Å². The summed E-state index contributed by atoms with van der Waals surface area (Å²) in [5, 5.41) is 11.3. The van der Waals surface area contributed by atoms with Crippen LogP contribution in [0.5, 0.6) is 0 Å². The van der Waals surface area contributed by atoms with Gasteiger partial charge in [-0.05, 0) is 25.2 Å². The third-order valence-electron chi connectivity index (χ3n) is 4.34. The summed E-state index contributed by atoms with van der Waals surface area (Å²) in [5.74, 6) is -0.249. The number of ketones is 1. The second-order valence-electron chi connectivity index (χ2n) is 7.26. The van der Waals surface area contributed by atoms with E-state index in [0.717, 1.165) is 6.42 Å². The van der Waals surface area contributed by atoms with Crippen molar-refractivity contribution in [1.29, 1.82) is 0 Å². The van der Waals surface area contributed by atoms with E-state index in [2.05, 4.69) is 5.32 Å². The summed E-state index contributed by atoms with van der Waals surface area (Å²) in [6, 6.07) is 0. The van der Waals surface area contributed by atoms with Crippen LogP contribution in [0.1, 0.15) is 78.2 Å². The van der Waals surface area contributed by atoms with Gasteiger partial charge < -0.3 is 14.8 Å². The number of carboxylic acids is 1. The molecule has 0 radical (unpaired) electrons. The number of Topliss-reactive ketones (excluding diaryl/α,β-unsaturated/α-hetero) is 1. The van der Waals surface area contributed by atoms with E-state index in [4.69, 9.17) is 9.52 Å². The molecular weight excluding hydrogens is 310 g/mol. The molecule has 1 aromatic heterocycles. The minimum absolute atomic E-state index is 0.0372. The van der Waals surface area contributed by atoms with Gasteiger partial charge >= 0.3 is 5.97 Å². The summed E-state index contributed by atoms with van der Waals surface area (Å²) >= 11 is 0. The molecule has 0 atom stereocenters. The highest BCUT2D eigenvalue weighted by Crippen LogP contribution is 2.38. The van der Waals surface area contributed by atoms with Gasteiger partial charge in [-0.25, -0.2) is 0 Å². The van der Waals surface area contributed by atoms with Crippen molar-refractivity contribution < 1.29 is 23.9 Å². The van der Waals surface area contributed by atoms with Crippen molar-refractivity contribution in [3.63, 3.8) is 0 Å². The van der Waals surface area contributed by atoms with Crippen LogP contribution < -0.4 is 5.32 Å². The summed E-state index contributed by atoms with van der Waals surface area (Å²) in [7, 11) is 0. The predicted molar refractivity (Wildman–Crippen MR) is 88.3 cm³/mol. The van der Waals surface area contributed by atoms with Crippen LogP contribution in [-0.2, 0) is 11.2 Å². The van der Waals surface area contributed by atoms with E-state index in [9.17, 15) is 14.4 Å². The summed E-state index contributed by atoms with van der Waals surface area (Å²) in [4.78, 5) is 35.0. The van der Waals surface area contributed by atoms with Gasteiger partial charge in [0.2, 0.25) is 0 Å². The maximum Gasteiger partial charge on any atom is 0.303 e. The maximum absolute atomic E-state index is 12.3. The molecule has 1 aliphatic carbocycles. The standard InChI is InChI=1S/C18H25NO5/c1-11-15-12(20)9-18(2,3)10-13(15)24-16(11)17(23)19-8-6-4-5-7-14(21)22/h4-10H2,1-3H3,(H,19,23)(H,21,22). The molecule has 132 valence electrons. The minimum Gasteiger partial charge on any atom is -0.481 e. The molecular formula is C18H25NO5. The fourth-order valence-corrected chi connectivity index (χ4v) is 3.16. The van der Waals surface area contributed by atoms with E-state index in [-0.39, 0.29) is 29.3 Å². The van der Waals surface area contributed by atoms with E-state index in [1.807, 2.05) is 13.8 Å². The van der Waals surface area contributed by atoms with Gasteiger partial charge in [0.15, 0.2) is 11.5 Å². The maximum atomic E-state index is 12.3. The highest BCUT2D eigenvalue weighted by molar-refractivity contribution is 6.03. The third kappa shape index (κ3) is 4.24. The smallest absolute Gasteiger partial charge is 0.303 e. The molecule has 0 unspecified atom stereocenters. The van der Waals surface area contributed by atoms with Crippen LogP contribution in [0.25, 0.3) is 0 Å². The number of rotatable bonds is 7. The minimum atomic E-state index is -0.802. The number of carbonyl (C=O) groups is 3. The Morgan fingerprint density at radius 3 is 2.58 bits per heavy atom. The van der Waals surface area contributed by atoms with Gasteiger partial charge in [-0.15, -0.1) is 0 Å². The van der Waals surface area contributed by atoms with Crippen molar-refractivity contribution in [3.05, 3.63) is 22.6 Å². The fourth-order valence-electron chi connectivity index (χ4n) is 3.16. The van der Waals surface area contributed by atoms with Crippen LogP contribution in [0.3, 0.4) is 0 Å². The Hall–Kier alpha value is -2.11. The third-order valence-corrected chi connectivity index (χ3v) is 4.34. The van der Waals surface area contributed by atoms with Crippen molar-refractivity contribution in [2.75, 3.05) is 6.54 Å². The SMILES string of the molecule is Cc1c(C(=O)NCCCCCC(=O)O)oc2c1C(=O)CC(C)(C)C2. The molecule has 0 bridgehead atoms. The molecule has 0 saturated carbocycles. The first-order chi connectivity index (χ1) is 11.2. The molecule has 1 aliphatic rings. The molecule has 0 aliphatic heterocycles. The van der Waals surface area contributed by atoms with Crippen LogP contribution in [0, 0.1) is 12.3 Å². The van der Waals surface area contributed by atoms with Crippen LogP contribution in [0.15, 0.2) is 4.42 Å². The Bertz CT molecular complexity index is 657. The lowest BCUT2D eigenvalue weighted by atomic mass is 9.76. The zero-order chi connectivity index (χ0) is 17.9. The molecule has 6 nitrogen and oxygen atoms in total. The fraction of sp³-hybridized carbons (Fsp3) is 0.611. The largest absolute Gasteiger partial charge is 0.481 e. The number of carboxylic acid groups (broad SMARTS) is 1. The molecule has 1 heterocycles. The first-order valence-corrected chi connectivity index (χ1v) is 8.37. The lowest BCUT2D eigenvalue weighted by Gasteiger charge is -2.27. The van der Waals surface area contributed by atoms with E-state index >= 15 is 0 Å². The number of aliphatic carboxylic acids is 1.